The van der Waals surface area contributed by atoms with Gasteiger partial charge in [-0.1, -0.05) is 61.0 Å². The van der Waals surface area contributed by atoms with Crippen molar-refractivity contribution < 1.29 is 31.2 Å². The van der Waals surface area contributed by atoms with Gasteiger partial charge in [0.05, 0.1) is 16.1 Å². The molecule has 2 amide bonds. The van der Waals surface area contributed by atoms with Crippen molar-refractivity contribution in [2.45, 2.75) is 50.9 Å². The molecule has 0 heterocycles. The van der Waals surface area contributed by atoms with Crippen LogP contribution in [0.5, 0.6) is 0 Å². The van der Waals surface area contributed by atoms with Crippen molar-refractivity contribution in [2.75, 3.05) is 17.4 Å². The van der Waals surface area contributed by atoms with Crippen molar-refractivity contribution in [1.82, 2.24) is 10.2 Å². The Bertz CT molecular complexity index is 1410. The first-order valence-corrected chi connectivity index (χ1v) is 14.2. The summed E-state index contributed by atoms with van der Waals surface area (Å²) >= 11 is 0. The van der Waals surface area contributed by atoms with Crippen molar-refractivity contribution in [3.8, 4) is 0 Å². The minimum absolute atomic E-state index is 0.00365. The summed E-state index contributed by atoms with van der Waals surface area (Å²) in [5.74, 6) is -1.16. The molecule has 0 aliphatic carbocycles. The zero-order valence-corrected chi connectivity index (χ0v) is 23.3. The van der Waals surface area contributed by atoms with Gasteiger partial charge in [0.15, 0.2) is 0 Å². The number of hydrogen-bond acceptors (Lipinski definition) is 4. The first-order valence-electron chi connectivity index (χ1n) is 12.8. The molecule has 0 bridgehead atoms. The second-order valence-electron chi connectivity index (χ2n) is 9.20. The molecule has 11 heteroatoms. The van der Waals surface area contributed by atoms with Crippen LogP contribution < -0.4 is 9.62 Å². The van der Waals surface area contributed by atoms with Crippen molar-refractivity contribution in [3.63, 3.8) is 0 Å². The van der Waals surface area contributed by atoms with Crippen LogP contribution in [-0.2, 0) is 32.3 Å². The maximum Gasteiger partial charge on any atom is 0.416 e. The van der Waals surface area contributed by atoms with E-state index < -0.39 is 46.2 Å². The summed E-state index contributed by atoms with van der Waals surface area (Å²) in [4.78, 5) is 27.9. The molecule has 0 unspecified atom stereocenters. The average Bonchev–Trinajstić information content (AvgIpc) is 2.92. The number of nitrogens with one attached hydrogen (secondary N) is 1. The van der Waals surface area contributed by atoms with E-state index in [0.29, 0.717) is 22.5 Å². The van der Waals surface area contributed by atoms with Gasteiger partial charge in [0.1, 0.15) is 12.6 Å². The molecule has 0 aromatic heterocycles. The highest BCUT2D eigenvalue weighted by atomic mass is 32.2. The van der Waals surface area contributed by atoms with Gasteiger partial charge >= 0.3 is 6.18 Å². The molecule has 3 aromatic carbocycles. The van der Waals surface area contributed by atoms with Crippen molar-refractivity contribution in [3.05, 3.63) is 95.6 Å². The molecule has 0 radical (unpaired) electrons. The number of carbonyl (C=O) groups is 2. The number of aryl methyl sites for hydroxylation is 1. The standard InChI is InChI=1S/C29H32F3N3O4S/c1-4-26(28(37)33-5-2)34(19-22-10-7-6-8-11-22)27(36)20-35(24-13-9-12-23(18-24)29(30,31)32)40(38,39)25-16-14-21(3)15-17-25/h6-18,26H,4-5,19-20H2,1-3H3,(H,33,37)/t26-/m1/s1. The summed E-state index contributed by atoms with van der Waals surface area (Å²) in [5.41, 5.74) is 0.0962. The SMILES string of the molecule is CCNC(=O)[C@@H](CC)N(Cc1ccccc1)C(=O)CN(c1cccc(C(F)(F)F)c1)S(=O)(=O)c1ccc(C)cc1. The third-order valence-corrected chi connectivity index (χ3v) is 8.07. The van der Waals surface area contributed by atoms with Gasteiger partial charge in [-0.3, -0.25) is 13.9 Å². The van der Waals surface area contributed by atoms with Gasteiger partial charge in [-0.05, 0) is 56.2 Å². The minimum atomic E-state index is -4.73. The maximum atomic E-state index is 13.9. The van der Waals surface area contributed by atoms with E-state index in [1.54, 1.807) is 63.2 Å². The van der Waals surface area contributed by atoms with Crippen LogP contribution in [0.4, 0.5) is 18.9 Å². The van der Waals surface area contributed by atoms with Crippen molar-refractivity contribution in [2.24, 2.45) is 0 Å². The lowest BCUT2D eigenvalue weighted by molar-refractivity contribution is -0.140. The fourth-order valence-corrected chi connectivity index (χ4v) is 5.60. The summed E-state index contributed by atoms with van der Waals surface area (Å²) in [5, 5.41) is 2.70. The number of benzene rings is 3. The number of nitrogens with zero attached hydrogens (tertiary/aromatic N) is 2. The zero-order valence-electron chi connectivity index (χ0n) is 22.5. The molecule has 0 saturated carbocycles. The first-order chi connectivity index (χ1) is 18.9. The highest BCUT2D eigenvalue weighted by molar-refractivity contribution is 7.92. The quantitative estimate of drug-likeness (QED) is 0.343. The van der Waals surface area contributed by atoms with Gasteiger partial charge in [0, 0.05) is 13.1 Å². The number of carbonyl (C=O) groups excluding carboxylic acids is 2. The Morgan fingerprint density at radius 3 is 2.15 bits per heavy atom. The van der Waals surface area contributed by atoms with Gasteiger partial charge in [-0.15, -0.1) is 0 Å². The fraction of sp³-hybridized carbons (Fsp3) is 0.310. The van der Waals surface area contributed by atoms with E-state index in [2.05, 4.69) is 5.32 Å². The predicted octanol–water partition coefficient (Wildman–Crippen LogP) is 5.15. The fourth-order valence-electron chi connectivity index (χ4n) is 4.20. The number of halogens is 3. The molecule has 3 rings (SSSR count). The molecule has 7 nitrogen and oxygen atoms in total. The number of rotatable bonds is 11. The van der Waals surface area contributed by atoms with Crippen LogP contribution in [0.3, 0.4) is 0 Å². The zero-order chi connectivity index (χ0) is 29.5. The van der Waals surface area contributed by atoms with Crippen LogP contribution in [-0.4, -0.2) is 44.3 Å². The lowest BCUT2D eigenvalue weighted by Gasteiger charge is -2.33. The molecule has 40 heavy (non-hydrogen) atoms. The second kappa shape index (κ2) is 13.0. The molecular formula is C29H32F3N3O4S. The lowest BCUT2D eigenvalue weighted by Crippen LogP contribution is -2.52. The maximum absolute atomic E-state index is 13.9. The van der Waals surface area contributed by atoms with E-state index in [1.807, 2.05) is 0 Å². The molecule has 0 spiro atoms. The van der Waals surface area contributed by atoms with E-state index in [9.17, 15) is 31.2 Å². The van der Waals surface area contributed by atoms with Crippen LogP contribution >= 0.6 is 0 Å². The van der Waals surface area contributed by atoms with Gasteiger partial charge in [-0.2, -0.15) is 13.2 Å². The number of amides is 2. The topological polar surface area (TPSA) is 86.8 Å². The summed E-state index contributed by atoms with van der Waals surface area (Å²) in [6.07, 6.45) is -4.50. The number of hydrogen-bond donors (Lipinski definition) is 1. The second-order valence-corrected chi connectivity index (χ2v) is 11.1. The Morgan fingerprint density at radius 2 is 1.57 bits per heavy atom. The van der Waals surface area contributed by atoms with Crippen molar-refractivity contribution in [1.29, 1.82) is 0 Å². The molecule has 0 aliphatic heterocycles. The smallest absolute Gasteiger partial charge is 0.355 e. The molecule has 0 aliphatic rings. The monoisotopic (exact) mass is 575 g/mol. The number of alkyl halides is 3. The van der Waals surface area contributed by atoms with Gasteiger partial charge in [-0.25, -0.2) is 8.42 Å². The van der Waals surface area contributed by atoms with E-state index in [0.717, 1.165) is 17.7 Å². The molecule has 0 fully saturated rings. The first kappa shape index (κ1) is 30.7. The van der Waals surface area contributed by atoms with Crippen LogP contribution in [0.25, 0.3) is 0 Å². The van der Waals surface area contributed by atoms with Crippen LogP contribution in [0, 0.1) is 6.92 Å². The predicted molar refractivity (Wildman–Crippen MR) is 147 cm³/mol. The van der Waals surface area contributed by atoms with Gasteiger partial charge in [0.25, 0.3) is 10.0 Å². The van der Waals surface area contributed by atoms with Crippen LogP contribution in [0.1, 0.15) is 37.0 Å². The average molecular weight is 576 g/mol. The van der Waals surface area contributed by atoms with Gasteiger partial charge < -0.3 is 10.2 Å². The number of sulfonamides is 1. The van der Waals surface area contributed by atoms with Crippen LogP contribution in [0.15, 0.2) is 83.8 Å². The van der Waals surface area contributed by atoms with E-state index in [1.165, 1.54) is 23.1 Å². The highest BCUT2D eigenvalue weighted by Gasteiger charge is 2.35. The molecule has 0 saturated heterocycles. The summed E-state index contributed by atoms with van der Waals surface area (Å²) in [6, 6.07) is 17.5. The summed E-state index contributed by atoms with van der Waals surface area (Å²) in [6.45, 7) is 4.71. The minimum Gasteiger partial charge on any atom is -0.355 e. The van der Waals surface area contributed by atoms with E-state index in [-0.39, 0.29) is 23.5 Å². The Balaban J connectivity index is 2.11. The normalized spacial score (nSPS) is 12.4. The van der Waals surface area contributed by atoms with Gasteiger partial charge in [0.2, 0.25) is 11.8 Å². The summed E-state index contributed by atoms with van der Waals surface area (Å²) in [7, 11) is -4.48. The van der Waals surface area contributed by atoms with Crippen LogP contribution in [0.2, 0.25) is 0 Å². The summed E-state index contributed by atoms with van der Waals surface area (Å²) < 4.78 is 68.9. The Kier molecular flexibility index (Phi) is 9.97. The molecule has 3 aromatic rings. The Labute approximate surface area is 232 Å². The lowest BCUT2D eigenvalue weighted by atomic mass is 10.1. The molecular weight excluding hydrogens is 543 g/mol. The third kappa shape index (κ3) is 7.41. The number of likely N-dealkylation sites (N-methyl/N-ethyl adjacent to an activating group) is 1. The third-order valence-electron chi connectivity index (χ3n) is 6.28. The van der Waals surface area contributed by atoms with E-state index >= 15 is 0 Å². The molecule has 1 atom stereocenters. The largest absolute Gasteiger partial charge is 0.416 e. The van der Waals surface area contributed by atoms with Crippen molar-refractivity contribution >= 4 is 27.5 Å². The molecule has 214 valence electrons. The van der Waals surface area contributed by atoms with E-state index in [4.69, 9.17) is 0 Å². The highest BCUT2D eigenvalue weighted by Crippen LogP contribution is 2.33. The molecule has 1 N–H and O–H groups in total. The Hall–Kier alpha value is -3.86. The Morgan fingerprint density at radius 1 is 0.925 bits per heavy atom. The number of anilines is 1.